The van der Waals surface area contributed by atoms with Gasteiger partial charge >= 0.3 is 7.12 Å². The van der Waals surface area contributed by atoms with Crippen LogP contribution in [-0.4, -0.2) is 60.2 Å². The molecule has 8 heteroatoms. The lowest BCUT2D eigenvalue weighted by atomic mass is 9.64. The molecular weight excluding hydrogens is 489 g/mol. The first-order valence-corrected chi connectivity index (χ1v) is 15.2. The second kappa shape index (κ2) is 12.3. The predicted octanol–water partition coefficient (Wildman–Crippen LogP) is 4.73. The topological polar surface area (TPSA) is 79.9 Å². The van der Waals surface area contributed by atoms with Crippen LogP contribution < -0.4 is 10.6 Å². The summed E-state index contributed by atoms with van der Waals surface area (Å²) < 4.78 is 12.5. The van der Waals surface area contributed by atoms with Crippen molar-refractivity contribution in [2.45, 2.75) is 116 Å². The van der Waals surface area contributed by atoms with E-state index >= 15 is 0 Å². The van der Waals surface area contributed by atoms with Gasteiger partial charge in [-0.25, -0.2) is 0 Å². The van der Waals surface area contributed by atoms with Gasteiger partial charge in [0.2, 0.25) is 11.8 Å². The summed E-state index contributed by atoms with van der Waals surface area (Å²) in [6.07, 6.45) is 7.27. The smallest absolute Gasteiger partial charge is 0.403 e. The van der Waals surface area contributed by atoms with Crippen LogP contribution in [0.1, 0.15) is 91.2 Å². The Morgan fingerprint density at radius 1 is 1.08 bits per heavy atom. The maximum absolute atomic E-state index is 14.0. The van der Waals surface area contributed by atoms with E-state index < -0.39 is 5.54 Å². The quantitative estimate of drug-likeness (QED) is 0.332. The molecule has 7 nitrogen and oxygen atoms in total. The van der Waals surface area contributed by atoms with Crippen molar-refractivity contribution in [1.82, 2.24) is 15.5 Å². The van der Waals surface area contributed by atoms with Gasteiger partial charge < -0.3 is 19.9 Å². The molecule has 2 heterocycles. The van der Waals surface area contributed by atoms with Crippen molar-refractivity contribution in [1.29, 1.82) is 0 Å². The summed E-state index contributed by atoms with van der Waals surface area (Å²) in [5.74, 6) is 0.211. The second-order valence-corrected chi connectivity index (χ2v) is 13.1. The monoisotopic (exact) mass is 539 g/mol. The number of carbonyl (C=O) groups is 2. The van der Waals surface area contributed by atoms with Gasteiger partial charge in [-0.3, -0.25) is 14.5 Å². The van der Waals surface area contributed by atoms with Crippen LogP contribution in [0.4, 0.5) is 0 Å². The summed E-state index contributed by atoms with van der Waals surface area (Å²) in [4.78, 5) is 29.1. The minimum atomic E-state index is -0.907. The Labute approximate surface area is 236 Å². The van der Waals surface area contributed by atoms with Crippen LogP contribution in [0, 0.1) is 11.8 Å². The van der Waals surface area contributed by atoms with Gasteiger partial charge in [0.05, 0.1) is 11.2 Å². The molecule has 1 aliphatic carbocycles. The Morgan fingerprint density at radius 3 is 2.44 bits per heavy atom. The molecular formula is C31H50BN3O4. The standard InChI is InChI=1S/C31H50BN3O4/c1-7-8-18-33-28(37)31(34-23(2)36)20-24(15-17-32-38-29(3,4)30(5,6)39-32)13-14-27(31)22-35-19-16-25-11-9-10-12-26(25)21-35/h9-12,24,27H,7-8,13-22H2,1-6H3,(H,33,37)(H,34,36)/t24-,27-,31+/m0/s1. The highest BCUT2D eigenvalue weighted by atomic mass is 16.7. The van der Waals surface area contributed by atoms with Crippen molar-refractivity contribution >= 4 is 18.9 Å². The van der Waals surface area contributed by atoms with Gasteiger partial charge in [-0.2, -0.15) is 0 Å². The van der Waals surface area contributed by atoms with Crippen molar-refractivity contribution in [2.24, 2.45) is 11.8 Å². The molecule has 216 valence electrons. The van der Waals surface area contributed by atoms with Gasteiger partial charge in [0.25, 0.3) is 0 Å². The molecule has 39 heavy (non-hydrogen) atoms. The molecule has 1 aromatic carbocycles. The van der Waals surface area contributed by atoms with Crippen LogP contribution in [-0.2, 0) is 31.9 Å². The van der Waals surface area contributed by atoms with Gasteiger partial charge in [0.1, 0.15) is 5.54 Å². The molecule has 3 atom stereocenters. The van der Waals surface area contributed by atoms with Crippen molar-refractivity contribution in [3.63, 3.8) is 0 Å². The zero-order valence-electron chi connectivity index (χ0n) is 25.1. The molecule has 1 saturated carbocycles. The zero-order chi connectivity index (χ0) is 28.3. The van der Waals surface area contributed by atoms with Crippen molar-refractivity contribution in [3.8, 4) is 0 Å². The first-order chi connectivity index (χ1) is 18.5. The molecule has 2 amide bonds. The van der Waals surface area contributed by atoms with Gasteiger partial charge in [0, 0.05) is 39.0 Å². The largest absolute Gasteiger partial charge is 0.457 e. The number of hydrogen-bond acceptors (Lipinski definition) is 5. The van der Waals surface area contributed by atoms with Crippen LogP contribution in [0.5, 0.6) is 0 Å². The SMILES string of the molecule is CCCCNC(=O)[C@@]1(NC(C)=O)C[C@H](CCB2OC(C)(C)C(C)(C)O2)CC[C@H]1CN1CCc2ccccc2C1. The number of carbonyl (C=O) groups excluding carboxylic acids is 2. The number of rotatable bonds is 10. The summed E-state index contributed by atoms with van der Waals surface area (Å²) in [7, 11) is -0.241. The number of fused-ring (bicyclic) bond motifs is 1. The highest BCUT2D eigenvalue weighted by Crippen LogP contribution is 2.43. The maximum atomic E-state index is 14.0. The summed E-state index contributed by atoms with van der Waals surface area (Å²) in [6, 6.07) is 8.66. The summed E-state index contributed by atoms with van der Waals surface area (Å²) >= 11 is 0. The normalized spacial score (nSPS) is 28.1. The van der Waals surface area contributed by atoms with E-state index in [0.717, 1.165) is 64.5 Å². The number of nitrogens with zero attached hydrogens (tertiary/aromatic N) is 1. The highest BCUT2D eigenvalue weighted by molar-refractivity contribution is 6.45. The Morgan fingerprint density at radius 2 is 1.77 bits per heavy atom. The molecule has 1 aromatic rings. The average Bonchev–Trinajstić information content (AvgIpc) is 3.09. The number of amides is 2. The molecule has 0 unspecified atom stereocenters. The van der Waals surface area contributed by atoms with E-state index in [-0.39, 0.29) is 36.1 Å². The number of benzene rings is 1. The van der Waals surface area contributed by atoms with Crippen LogP contribution >= 0.6 is 0 Å². The summed E-state index contributed by atoms with van der Waals surface area (Å²) in [6.45, 7) is 15.3. The lowest BCUT2D eigenvalue weighted by molar-refractivity contribution is -0.138. The van der Waals surface area contributed by atoms with E-state index in [1.54, 1.807) is 6.92 Å². The van der Waals surface area contributed by atoms with E-state index in [9.17, 15) is 9.59 Å². The van der Waals surface area contributed by atoms with E-state index in [4.69, 9.17) is 9.31 Å². The van der Waals surface area contributed by atoms with Crippen LogP contribution in [0.15, 0.2) is 24.3 Å². The summed E-state index contributed by atoms with van der Waals surface area (Å²) in [5, 5.41) is 6.42. The van der Waals surface area contributed by atoms with Crippen LogP contribution in [0.2, 0.25) is 6.32 Å². The fraction of sp³-hybridized carbons (Fsp3) is 0.742. The number of hydrogen-bond donors (Lipinski definition) is 2. The first kappa shape index (κ1) is 30.1. The van der Waals surface area contributed by atoms with E-state index in [0.29, 0.717) is 18.9 Å². The third-order valence-corrected chi connectivity index (χ3v) is 9.65. The van der Waals surface area contributed by atoms with Gasteiger partial charge in [-0.15, -0.1) is 0 Å². The molecule has 0 aromatic heterocycles. The van der Waals surface area contributed by atoms with Gasteiger partial charge in [-0.05, 0) is 83.2 Å². The molecule has 3 aliphatic rings. The lowest BCUT2D eigenvalue weighted by Gasteiger charge is -2.48. The molecule has 2 fully saturated rings. The van der Waals surface area contributed by atoms with E-state index in [2.05, 4.69) is 74.4 Å². The first-order valence-electron chi connectivity index (χ1n) is 15.2. The van der Waals surface area contributed by atoms with Crippen LogP contribution in [0.3, 0.4) is 0 Å². The van der Waals surface area contributed by atoms with Gasteiger partial charge in [0.15, 0.2) is 0 Å². The second-order valence-electron chi connectivity index (χ2n) is 13.1. The Kier molecular flexibility index (Phi) is 9.50. The average molecular weight is 540 g/mol. The predicted molar refractivity (Wildman–Crippen MR) is 156 cm³/mol. The molecule has 2 aliphatic heterocycles. The van der Waals surface area contributed by atoms with E-state index in [1.165, 1.54) is 11.1 Å². The maximum Gasteiger partial charge on any atom is 0.457 e. The molecule has 1 saturated heterocycles. The van der Waals surface area contributed by atoms with Gasteiger partial charge in [-0.1, -0.05) is 44.0 Å². The molecule has 0 spiro atoms. The minimum absolute atomic E-state index is 0.0195. The minimum Gasteiger partial charge on any atom is -0.403 e. The fourth-order valence-electron chi connectivity index (χ4n) is 6.72. The Balaban J connectivity index is 1.50. The Hall–Kier alpha value is -1.90. The zero-order valence-corrected chi connectivity index (χ0v) is 25.1. The molecule has 0 radical (unpaired) electrons. The third-order valence-electron chi connectivity index (χ3n) is 9.65. The molecule has 4 rings (SSSR count). The summed E-state index contributed by atoms with van der Waals surface area (Å²) in [5.41, 5.74) is 1.20. The Bertz CT molecular complexity index is 999. The number of nitrogens with one attached hydrogen (secondary N) is 2. The van der Waals surface area contributed by atoms with E-state index in [1.807, 2.05) is 0 Å². The molecule has 0 bridgehead atoms. The number of unbranched alkanes of at least 4 members (excludes halogenated alkanes) is 1. The van der Waals surface area contributed by atoms with Crippen molar-refractivity contribution in [2.75, 3.05) is 19.6 Å². The highest BCUT2D eigenvalue weighted by Gasteiger charge is 2.53. The third kappa shape index (κ3) is 6.88. The molecule has 2 N–H and O–H groups in total. The van der Waals surface area contributed by atoms with Crippen LogP contribution in [0.25, 0.3) is 0 Å². The van der Waals surface area contributed by atoms with Crippen molar-refractivity contribution < 1.29 is 18.9 Å². The van der Waals surface area contributed by atoms with Crippen molar-refractivity contribution in [3.05, 3.63) is 35.4 Å². The lowest BCUT2D eigenvalue weighted by Crippen LogP contribution is -2.66. The fourth-order valence-corrected chi connectivity index (χ4v) is 6.72.